The SMILES string of the molecule is O=C(O)c1cccc2c1N[C@H](c1ccc3c(c1)OCO3)[C@H]1[C@H]3CC[C@@H](C3)[C@H]21. The van der Waals surface area contributed by atoms with Crippen molar-refractivity contribution >= 4 is 11.7 Å². The largest absolute Gasteiger partial charge is 0.478 e. The minimum absolute atomic E-state index is 0.104. The molecule has 2 saturated carbocycles. The van der Waals surface area contributed by atoms with Crippen molar-refractivity contribution in [3.63, 3.8) is 0 Å². The molecule has 5 atom stereocenters. The Balaban J connectivity index is 1.51. The number of rotatable bonds is 2. The van der Waals surface area contributed by atoms with Crippen LogP contribution < -0.4 is 14.8 Å². The van der Waals surface area contributed by atoms with Crippen LogP contribution >= 0.6 is 0 Å². The molecule has 6 rings (SSSR count). The number of hydrogen-bond donors (Lipinski definition) is 2. The summed E-state index contributed by atoms with van der Waals surface area (Å²) < 4.78 is 11.1. The van der Waals surface area contributed by atoms with Gasteiger partial charge in [-0.2, -0.15) is 0 Å². The fourth-order valence-corrected chi connectivity index (χ4v) is 6.13. The highest BCUT2D eigenvalue weighted by Gasteiger charge is 2.54. The number of para-hydroxylation sites is 1. The van der Waals surface area contributed by atoms with Crippen LogP contribution in [-0.2, 0) is 0 Å². The number of nitrogens with one attached hydrogen (secondary N) is 1. The second-order valence-corrected chi connectivity index (χ2v) is 8.25. The predicted octanol–water partition coefficient (Wildman–Crippen LogP) is 4.41. The third-order valence-corrected chi connectivity index (χ3v) is 7.11. The molecular weight excluding hydrogens is 342 g/mol. The lowest BCUT2D eigenvalue weighted by molar-refractivity contribution is 0.0697. The van der Waals surface area contributed by atoms with Crippen molar-refractivity contribution in [2.24, 2.45) is 17.8 Å². The van der Waals surface area contributed by atoms with E-state index in [1.807, 2.05) is 12.1 Å². The Morgan fingerprint density at radius 2 is 1.93 bits per heavy atom. The van der Waals surface area contributed by atoms with Gasteiger partial charge in [-0.25, -0.2) is 4.79 Å². The van der Waals surface area contributed by atoms with Gasteiger partial charge in [0.25, 0.3) is 0 Å². The molecule has 0 radical (unpaired) electrons. The number of aromatic carboxylic acids is 1. The van der Waals surface area contributed by atoms with Crippen molar-refractivity contribution in [3.8, 4) is 11.5 Å². The van der Waals surface area contributed by atoms with Gasteiger partial charge in [0.05, 0.1) is 17.3 Å². The summed E-state index contributed by atoms with van der Waals surface area (Å²) in [4.78, 5) is 11.8. The summed E-state index contributed by atoms with van der Waals surface area (Å²) in [6, 6.07) is 12.0. The Bertz CT molecular complexity index is 955. The molecular formula is C22H21NO4. The van der Waals surface area contributed by atoms with E-state index in [9.17, 15) is 9.90 Å². The Morgan fingerprint density at radius 1 is 1.07 bits per heavy atom. The Kier molecular flexibility index (Phi) is 3.08. The highest BCUT2D eigenvalue weighted by atomic mass is 16.7. The van der Waals surface area contributed by atoms with Crippen molar-refractivity contribution in [2.75, 3.05) is 12.1 Å². The molecule has 0 saturated heterocycles. The van der Waals surface area contributed by atoms with Gasteiger partial charge in [0.1, 0.15) is 0 Å². The van der Waals surface area contributed by atoms with Gasteiger partial charge in [0.2, 0.25) is 6.79 Å². The molecule has 2 aromatic carbocycles. The first-order valence-corrected chi connectivity index (χ1v) is 9.73. The molecule has 4 aliphatic rings. The molecule has 2 fully saturated rings. The van der Waals surface area contributed by atoms with Crippen molar-refractivity contribution in [1.82, 2.24) is 0 Å². The normalized spacial score (nSPS) is 31.9. The zero-order valence-corrected chi connectivity index (χ0v) is 14.9. The number of carboxylic acids is 1. The molecule has 5 heteroatoms. The van der Waals surface area contributed by atoms with E-state index in [1.54, 1.807) is 6.07 Å². The van der Waals surface area contributed by atoms with Gasteiger partial charge in [-0.05, 0) is 72.3 Å². The van der Waals surface area contributed by atoms with E-state index >= 15 is 0 Å². The first-order chi connectivity index (χ1) is 13.2. The number of carbonyl (C=O) groups is 1. The van der Waals surface area contributed by atoms with Crippen molar-refractivity contribution < 1.29 is 19.4 Å². The van der Waals surface area contributed by atoms with Crippen LogP contribution in [0.4, 0.5) is 5.69 Å². The maximum atomic E-state index is 11.8. The molecule has 5 nitrogen and oxygen atoms in total. The van der Waals surface area contributed by atoms with E-state index in [1.165, 1.54) is 24.8 Å². The molecule has 2 heterocycles. The summed E-state index contributed by atoms with van der Waals surface area (Å²) >= 11 is 0. The number of hydrogen-bond acceptors (Lipinski definition) is 4. The van der Waals surface area contributed by atoms with E-state index in [2.05, 4.69) is 23.5 Å². The highest BCUT2D eigenvalue weighted by molar-refractivity contribution is 5.95. The molecule has 2 aliphatic carbocycles. The number of fused-ring (bicyclic) bond motifs is 8. The molecule has 2 bridgehead atoms. The third kappa shape index (κ3) is 2.08. The second-order valence-electron chi connectivity index (χ2n) is 8.25. The minimum Gasteiger partial charge on any atom is -0.478 e. The van der Waals surface area contributed by atoms with Crippen LogP contribution in [0.25, 0.3) is 0 Å². The van der Waals surface area contributed by atoms with Crippen molar-refractivity contribution in [1.29, 1.82) is 0 Å². The predicted molar refractivity (Wildman–Crippen MR) is 99.4 cm³/mol. The van der Waals surface area contributed by atoms with Crippen LogP contribution in [0.1, 0.15) is 52.7 Å². The van der Waals surface area contributed by atoms with Crippen LogP contribution in [0.2, 0.25) is 0 Å². The monoisotopic (exact) mass is 363 g/mol. The first-order valence-electron chi connectivity index (χ1n) is 9.73. The van der Waals surface area contributed by atoms with Crippen LogP contribution in [0, 0.1) is 17.8 Å². The maximum absolute atomic E-state index is 11.8. The summed E-state index contributed by atoms with van der Waals surface area (Å²) in [6.07, 6.45) is 3.80. The molecule has 2 N–H and O–H groups in total. The average Bonchev–Trinajstić information content (AvgIpc) is 3.42. The summed E-state index contributed by atoms with van der Waals surface area (Å²) in [5.74, 6) is 3.00. The molecule has 138 valence electrons. The molecule has 0 unspecified atom stereocenters. The van der Waals surface area contributed by atoms with Crippen LogP contribution in [0.5, 0.6) is 11.5 Å². The molecule has 0 amide bonds. The van der Waals surface area contributed by atoms with Gasteiger partial charge in [-0.1, -0.05) is 18.2 Å². The van der Waals surface area contributed by atoms with Gasteiger partial charge in [-0.3, -0.25) is 0 Å². The van der Waals surface area contributed by atoms with E-state index in [-0.39, 0.29) is 12.8 Å². The summed E-state index contributed by atoms with van der Waals surface area (Å²) in [5.41, 5.74) is 3.54. The van der Waals surface area contributed by atoms with Crippen LogP contribution in [-0.4, -0.2) is 17.9 Å². The van der Waals surface area contributed by atoms with Crippen LogP contribution in [0.15, 0.2) is 36.4 Å². The fourth-order valence-electron chi connectivity index (χ4n) is 6.13. The number of ether oxygens (including phenoxy) is 2. The van der Waals surface area contributed by atoms with E-state index < -0.39 is 5.97 Å². The van der Waals surface area contributed by atoms with Crippen molar-refractivity contribution in [3.05, 3.63) is 53.1 Å². The Hall–Kier alpha value is -2.69. The standard InChI is InChI=1S/C22H21NO4/c24-22(25)15-3-1-2-14-18-11-4-5-12(8-11)19(18)20(23-21(14)15)13-6-7-16-17(9-13)27-10-26-16/h1-3,6-7,9,11-12,18-20,23H,4-5,8,10H2,(H,24,25)/t11-,12-,18+,19-,20+/m0/s1. The first kappa shape index (κ1) is 15.4. The number of anilines is 1. The summed E-state index contributed by atoms with van der Waals surface area (Å²) in [5, 5.41) is 13.4. The van der Waals surface area contributed by atoms with E-state index in [0.29, 0.717) is 29.2 Å². The highest BCUT2D eigenvalue weighted by Crippen LogP contribution is 2.64. The zero-order chi connectivity index (χ0) is 18.1. The number of benzene rings is 2. The molecule has 2 aliphatic heterocycles. The van der Waals surface area contributed by atoms with E-state index in [4.69, 9.17) is 9.47 Å². The minimum atomic E-state index is -0.870. The smallest absolute Gasteiger partial charge is 0.337 e. The Labute approximate surface area is 157 Å². The summed E-state index contributed by atoms with van der Waals surface area (Å²) in [6.45, 7) is 0.264. The average molecular weight is 363 g/mol. The van der Waals surface area contributed by atoms with E-state index in [0.717, 1.165) is 22.7 Å². The summed E-state index contributed by atoms with van der Waals surface area (Å²) in [7, 11) is 0. The Morgan fingerprint density at radius 3 is 2.81 bits per heavy atom. The van der Waals surface area contributed by atoms with Gasteiger partial charge >= 0.3 is 5.97 Å². The lowest BCUT2D eigenvalue weighted by Gasteiger charge is -2.44. The quantitative estimate of drug-likeness (QED) is 0.827. The molecule has 27 heavy (non-hydrogen) atoms. The molecule has 0 aromatic heterocycles. The second kappa shape index (κ2) is 5.41. The van der Waals surface area contributed by atoms with Gasteiger partial charge in [-0.15, -0.1) is 0 Å². The lowest BCUT2D eigenvalue weighted by atomic mass is 9.67. The fraction of sp³-hybridized carbons (Fsp3) is 0.409. The van der Waals surface area contributed by atoms with Gasteiger partial charge in [0.15, 0.2) is 11.5 Å². The number of carboxylic acid groups (broad SMARTS) is 1. The van der Waals surface area contributed by atoms with Gasteiger partial charge < -0.3 is 19.9 Å². The lowest BCUT2D eigenvalue weighted by Crippen LogP contribution is -2.36. The third-order valence-electron chi connectivity index (χ3n) is 7.11. The zero-order valence-electron chi connectivity index (χ0n) is 14.9. The molecule has 2 aromatic rings. The van der Waals surface area contributed by atoms with Crippen LogP contribution in [0.3, 0.4) is 0 Å². The molecule has 0 spiro atoms. The van der Waals surface area contributed by atoms with Gasteiger partial charge in [0, 0.05) is 0 Å². The maximum Gasteiger partial charge on any atom is 0.337 e. The van der Waals surface area contributed by atoms with Crippen molar-refractivity contribution in [2.45, 2.75) is 31.2 Å². The topological polar surface area (TPSA) is 67.8 Å².